The Morgan fingerprint density at radius 1 is 1.54 bits per heavy atom. The summed E-state index contributed by atoms with van der Waals surface area (Å²) in [6.07, 6.45) is 1.21. The minimum absolute atomic E-state index is 0. The molecule has 0 aliphatic rings. The molecule has 0 aromatic heterocycles. The number of carbonyl (C=O) groups excluding carboxylic acids is 1. The predicted molar refractivity (Wildman–Crippen MR) is 42.4 cm³/mol. The van der Waals surface area contributed by atoms with Crippen molar-refractivity contribution in [2.45, 2.75) is 6.42 Å². The summed E-state index contributed by atoms with van der Waals surface area (Å²) in [5.41, 5.74) is 0. The largest absolute Gasteiger partial charge is 1.00 e. The maximum absolute atomic E-state index is 10.5. The second kappa shape index (κ2) is 7.52. The van der Waals surface area contributed by atoms with Crippen LogP contribution in [0.2, 0.25) is 0 Å². The molecule has 0 radical (unpaired) electrons. The summed E-state index contributed by atoms with van der Waals surface area (Å²) in [4.78, 5) is 10.5. The maximum atomic E-state index is 10.5. The van der Waals surface area contributed by atoms with E-state index in [1.165, 1.54) is 0 Å². The van der Waals surface area contributed by atoms with Crippen molar-refractivity contribution in [1.29, 1.82) is 0 Å². The van der Waals surface area contributed by atoms with Crippen molar-refractivity contribution in [3.63, 3.8) is 0 Å². The smallest absolute Gasteiger partial charge is 0.748 e. The number of amides is 1. The van der Waals surface area contributed by atoms with Crippen LogP contribution >= 0.6 is 0 Å². The fraction of sp³-hybridized carbons (Fsp3) is 0.500. The molecule has 0 saturated heterocycles. The zero-order chi connectivity index (χ0) is 9.61. The summed E-state index contributed by atoms with van der Waals surface area (Å²) in [5.74, 6) is -0.831. The molecular formula is C6H10NNaO4S. The van der Waals surface area contributed by atoms with E-state index in [1.54, 1.807) is 0 Å². The molecule has 0 aromatic carbocycles. The summed E-state index contributed by atoms with van der Waals surface area (Å²) in [6, 6.07) is 0. The van der Waals surface area contributed by atoms with E-state index in [9.17, 15) is 17.8 Å². The topological polar surface area (TPSA) is 86.3 Å². The molecular weight excluding hydrogens is 205 g/mol. The van der Waals surface area contributed by atoms with Crippen molar-refractivity contribution in [3.05, 3.63) is 12.7 Å². The van der Waals surface area contributed by atoms with Gasteiger partial charge in [-0.3, -0.25) is 4.79 Å². The first kappa shape index (κ1) is 15.6. The Balaban J connectivity index is 0. The van der Waals surface area contributed by atoms with Crippen molar-refractivity contribution < 1.29 is 47.3 Å². The minimum Gasteiger partial charge on any atom is -0.748 e. The van der Waals surface area contributed by atoms with Crippen LogP contribution in [0.4, 0.5) is 0 Å². The normalized spacial score (nSPS) is 9.92. The maximum Gasteiger partial charge on any atom is 1.00 e. The average molecular weight is 215 g/mol. The summed E-state index contributed by atoms with van der Waals surface area (Å²) >= 11 is 0. The van der Waals surface area contributed by atoms with Gasteiger partial charge < -0.3 is 9.87 Å². The van der Waals surface area contributed by atoms with Gasteiger partial charge in [0.1, 0.15) is 0 Å². The summed E-state index contributed by atoms with van der Waals surface area (Å²) in [5, 5.41) is 2.34. The van der Waals surface area contributed by atoms with Crippen molar-refractivity contribution >= 4 is 16.0 Å². The van der Waals surface area contributed by atoms with E-state index in [4.69, 9.17) is 0 Å². The van der Waals surface area contributed by atoms with E-state index in [-0.39, 0.29) is 48.4 Å². The second-order valence-corrected chi connectivity index (χ2v) is 3.63. The SMILES string of the molecule is C=CC(=O)NCCCS(=O)(=O)[O-].[Na+]. The van der Waals surface area contributed by atoms with Gasteiger partial charge in [-0.15, -0.1) is 0 Å². The van der Waals surface area contributed by atoms with Crippen LogP contribution in [0.1, 0.15) is 6.42 Å². The third kappa shape index (κ3) is 12.1. The number of carbonyl (C=O) groups is 1. The van der Waals surface area contributed by atoms with Crippen molar-refractivity contribution in [1.82, 2.24) is 5.32 Å². The molecule has 0 aromatic rings. The monoisotopic (exact) mass is 215 g/mol. The van der Waals surface area contributed by atoms with Gasteiger partial charge in [-0.05, 0) is 12.5 Å². The second-order valence-electron chi connectivity index (χ2n) is 2.11. The molecule has 0 aliphatic heterocycles. The Bertz CT molecular complexity index is 262. The van der Waals surface area contributed by atoms with Gasteiger partial charge in [-0.2, -0.15) is 0 Å². The summed E-state index contributed by atoms with van der Waals surface area (Å²) in [6.45, 7) is 3.37. The zero-order valence-corrected chi connectivity index (χ0v) is 10.3. The van der Waals surface area contributed by atoms with E-state index >= 15 is 0 Å². The van der Waals surface area contributed by atoms with Gasteiger partial charge in [0.2, 0.25) is 5.91 Å². The Morgan fingerprint density at radius 2 is 2.08 bits per heavy atom. The molecule has 1 amide bonds. The van der Waals surface area contributed by atoms with Crippen LogP contribution in [-0.4, -0.2) is 31.2 Å². The third-order valence-corrected chi connectivity index (χ3v) is 1.84. The van der Waals surface area contributed by atoms with Gasteiger partial charge in [-0.25, -0.2) is 8.42 Å². The van der Waals surface area contributed by atoms with Gasteiger partial charge >= 0.3 is 29.6 Å². The van der Waals surface area contributed by atoms with E-state index in [0.717, 1.165) is 6.08 Å². The molecule has 0 unspecified atom stereocenters. The van der Waals surface area contributed by atoms with Crippen molar-refractivity contribution in [2.24, 2.45) is 0 Å². The predicted octanol–water partition coefficient (Wildman–Crippen LogP) is -3.77. The number of rotatable bonds is 5. The Morgan fingerprint density at radius 3 is 2.46 bits per heavy atom. The average Bonchev–Trinajstić information content (AvgIpc) is 1.96. The van der Waals surface area contributed by atoms with E-state index in [0.29, 0.717) is 0 Å². The molecule has 0 aliphatic carbocycles. The minimum atomic E-state index is -4.16. The Labute approximate surface area is 99.6 Å². The quantitative estimate of drug-likeness (QED) is 0.221. The van der Waals surface area contributed by atoms with Gasteiger partial charge in [0, 0.05) is 12.3 Å². The molecule has 0 fully saturated rings. The molecule has 0 heterocycles. The van der Waals surface area contributed by atoms with Gasteiger partial charge in [0.15, 0.2) is 0 Å². The van der Waals surface area contributed by atoms with Crippen molar-refractivity contribution in [3.8, 4) is 0 Å². The van der Waals surface area contributed by atoms with E-state index in [2.05, 4.69) is 11.9 Å². The molecule has 5 nitrogen and oxygen atoms in total. The number of nitrogens with one attached hydrogen (secondary N) is 1. The molecule has 0 bridgehead atoms. The fourth-order valence-corrected chi connectivity index (χ4v) is 1.03. The van der Waals surface area contributed by atoms with Crippen LogP contribution in [0.5, 0.6) is 0 Å². The van der Waals surface area contributed by atoms with Crippen LogP contribution in [0.25, 0.3) is 0 Å². The van der Waals surface area contributed by atoms with Crippen LogP contribution in [0.3, 0.4) is 0 Å². The first-order valence-corrected chi connectivity index (χ1v) is 4.87. The molecule has 7 heteroatoms. The van der Waals surface area contributed by atoms with Crippen LogP contribution in [0.15, 0.2) is 12.7 Å². The number of hydrogen-bond donors (Lipinski definition) is 1. The van der Waals surface area contributed by atoms with Crippen molar-refractivity contribution in [2.75, 3.05) is 12.3 Å². The first-order valence-electron chi connectivity index (χ1n) is 3.29. The Kier molecular flexibility index (Phi) is 9.01. The molecule has 70 valence electrons. The molecule has 0 rings (SSSR count). The third-order valence-electron chi connectivity index (χ3n) is 1.06. The summed E-state index contributed by atoms with van der Waals surface area (Å²) < 4.78 is 30.2. The summed E-state index contributed by atoms with van der Waals surface area (Å²) in [7, 11) is -4.16. The Hall–Kier alpha value is 0.120. The molecule has 0 saturated carbocycles. The van der Waals surface area contributed by atoms with Gasteiger partial charge in [-0.1, -0.05) is 6.58 Å². The van der Waals surface area contributed by atoms with Crippen LogP contribution in [-0.2, 0) is 14.9 Å². The molecule has 1 N–H and O–H groups in total. The molecule has 0 atom stereocenters. The molecule has 13 heavy (non-hydrogen) atoms. The van der Waals surface area contributed by atoms with Gasteiger partial charge in [0.25, 0.3) is 0 Å². The van der Waals surface area contributed by atoms with Gasteiger partial charge in [0.05, 0.1) is 10.1 Å². The first-order chi connectivity index (χ1) is 5.45. The molecule has 0 spiro atoms. The fourth-order valence-electron chi connectivity index (χ4n) is 0.533. The standard InChI is InChI=1S/C6H11NO4S.Na/c1-2-6(8)7-4-3-5-12(9,10)11;/h2H,1,3-5H2,(H,7,8)(H,9,10,11);/q;+1/p-1. The zero-order valence-electron chi connectivity index (χ0n) is 7.45. The van der Waals surface area contributed by atoms with Crippen LogP contribution < -0.4 is 34.9 Å². The number of hydrogen-bond acceptors (Lipinski definition) is 4. The van der Waals surface area contributed by atoms with Crippen LogP contribution in [0, 0.1) is 0 Å². The van der Waals surface area contributed by atoms with E-state index in [1.807, 2.05) is 0 Å². The van der Waals surface area contributed by atoms with E-state index < -0.39 is 15.9 Å².